The van der Waals surface area contributed by atoms with Gasteiger partial charge in [-0.2, -0.15) is 0 Å². The van der Waals surface area contributed by atoms with E-state index in [1.807, 2.05) is 72.1 Å². The van der Waals surface area contributed by atoms with Crippen molar-refractivity contribution >= 4 is 29.3 Å². The fraction of sp³-hybridized carbons (Fsp3) is 0.242. The number of carboxylic acid groups (broad SMARTS) is 1. The quantitative estimate of drug-likeness (QED) is 0.191. The average molecular weight is 585 g/mol. The first-order valence-corrected chi connectivity index (χ1v) is 14.6. The van der Waals surface area contributed by atoms with Crippen LogP contribution in [0, 0.1) is 0 Å². The molecule has 0 aliphatic heterocycles. The van der Waals surface area contributed by atoms with Gasteiger partial charge in [0.25, 0.3) is 0 Å². The standard InChI is InChI=1S/C33H32N2O6S/c1-21(40-19-22-10-3-2-4-11-22)31(32(38)34-28(18-30(36)37)29-16-9-17-42-29)35-33(39)41-20-27-25-14-7-5-12-23(25)24-13-6-8-15-26(24)27/h2-17,21,27-28,31H,18-20H2,1H3,(H,34,38)(H,35,39)(H,36,37)/t21-,28?,31+/m0/s1. The Labute approximate surface area is 248 Å². The van der Waals surface area contributed by atoms with Gasteiger partial charge in [0.2, 0.25) is 5.91 Å². The number of amides is 2. The monoisotopic (exact) mass is 584 g/mol. The van der Waals surface area contributed by atoms with E-state index in [0.29, 0.717) is 4.88 Å². The van der Waals surface area contributed by atoms with Crippen LogP contribution in [0.25, 0.3) is 11.1 Å². The van der Waals surface area contributed by atoms with E-state index in [9.17, 15) is 19.5 Å². The summed E-state index contributed by atoms with van der Waals surface area (Å²) < 4.78 is 11.7. The van der Waals surface area contributed by atoms with Crippen molar-refractivity contribution in [2.45, 2.75) is 44.1 Å². The SMILES string of the molecule is C[C@H](OCc1ccccc1)[C@@H](NC(=O)OCC1c2ccccc2-c2ccccc21)C(=O)NC(CC(=O)O)c1cccs1. The molecule has 2 amide bonds. The van der Waals surface area contributed by atoms with E-state index in [-0.39, 0.29) is 25.6 Å². The highest BCUT2D eigenvalue weighted by atomic mass is 32.1. The lowest BCUT2D eigenvalue weighted by molar-refractivity contribution is -0.138. The second-order valence-corrected chi connectivity index (χ2v) is 11.1. The predicted octanol–water partition coefficient (Wildman–Crippen LogP) is 5.89. The fourth-order valence-electron chi connectivity index (χ4n) is 5.21. The minimum absolute atomic E-state index is 0.0876. The number of alkyl carbamates (subject to hydrolysis) is 1. The third kappa shape index (κ3) is 6.87. The summed E-state index contributed by atoms with van der Waals surface area (Å²) in [4.78, 5) is 39.0. The van der Waals surface area contributed by atoms with E-state index >= 15 is 0 Å². The van der Waals surface area contributed by atoms with Crippen LogP contribution in [0.5, 0.6) is 0 Å². The third-order valence-corrected chi connectivity index (χ3v) is 8.29. The molecule has 0 saturated heterocycles. The molecule has 4 aromatic rings. The minimum Gasteiger partial charge on any atom is -0.481 e. The number of thiophene rings is 1. The molecule has 1 aromatic heterocycles. The van der Waals surface area contributed by atoms with Crippen LogP contribution < -0.4 is 10.6 Å². The lowest BCUT2D eigenvalue weighted by atomic mass is 9.98. The highest BCUT2D eigenvalue weighted by Gasteiger charge is 2.33. The molecule has 9 heteroatoms. The highest BCUT2D eigenvalue weighted by Crippen LogP contribution is 2.44. The van der Waals surface area contributed by atoms with E-state index in [1.54, 1.807) is 19.1 Å². The molecule has 3 atom stereocenters. The second-order valence-electron chi connectivity index (χ2n) is 10.1. The van der Waals surface area contributed by atoms with Crippen molar-refractivity contribution < 1.29 is 29.0 Å². The van der Waals surface area contributed by atoms with Crippen LogP contribution in [0.3, 0.4) is 0 Å². The van der Waals surface area contributed by atoms with Crippen LogP contribution in [-0.4, -0.2) is 41.8 Å². The van der Waals surface area contributed by atoms with E-state index < -0.39 is 36.2 Å². The molecule has 0 saturated carbocycles. The number of hydrogen-bond acceptors (Lipinski definition) is 6. The number of aliphatic carboxylic acids is 1. The zero-order chi connectivity index (χ0) is 29.5. The van der Waals surface area contributed by atoms with E-state index in [0.717, 1.165) is 27.8 Å². The summed E-state index contributed by atoms with van der Waals surface area (Å²) in [5.41, 5.74) is 5.29. The summed E-state index contributed by atoms with van der Waals surface area (Å²) in [5.74, 6) is -1.76. The Morgan fingerprint density at radius 2 is 1.50 bits per heavy atom. The first kappa shape index (κ1) is 29.0. The fourth-order valence-corrected chi connectivity index (χ4v) is 5.99. The maximum atomic E-state index is 13.6. The molecule has 8 nitrogen and oxygen atoms in total. The van der Waals surface area contributed by atoms with Gasteiger partial charge in [0.15, 0.2) is 0 Å². The molecule has 1 aliphatic carbocycles. The van der Waals surface area contributed by atoms with Crippen LogP contribution in [0.2, 0.25) is 0 Å². The molecule has 1 unspecified atom stereocenters. The van der Waals surface area contributed by atoms with Gasteiger partial charge >= 0.3 is 12.1 Å². The molecule has 3 aromatic carbocycles. The van der Waals surface area contributed by atoms with Crippen molar-refractivity contribution in [3.8, 4) is 11.1 Å². The smallest absolute Gasteiger partial charge is 0.407 e. The normalized spacial score (nSPS) is 14.2. The average Bonchev–Trinajstić information content (AvgIpc) is 3.65. The number of benzene rings is 3. The summed E-state index contributed by atoms with van der Waals surface area (Å²) in [6, 6.07) is 27.2. The molecule has 1 aliphatic rings. The summed E-state index contributed by atoms with van der Waals surface area (Å²) in [7, 11) is 0. The van der Waals surface area contributed by atoms with Gasteiger partial charge in [-0.25, -0.2) is 4.79 Å². The van der Waals surface area contributed by atoms with Crippen LogP contribution in [-0.2, 0) is 25.7 Å². The van der Waals surface area contributed by atoms with Crippen molar-refractivity contribution in [2.24, 2.45) is 0 Å². The molecule has 216 valence electrons. The van der Waals surface area contributed by atoms with Gasteiger partial charge < -0.3 is 25.2 Å². The number of ether oxygens (including phenoxy) is 2. The second kappa shape index (κ2) is 13.5. The van der Waals surface area contributed by atoms with Crippen LogP contribution >= 0.6 is 11.3 Å². The van der Waals surface area contributed by atoms with Gasteiger partial charge in [-0.15, -0.1) is 11.3 Å². The topological polar surface area (TPSA) is 114 Å². The lowest BCUT2D eigenvalue weighted by Crippen LogP contribution is -2.54. The Balaban J connectivity index is 1.30. The van der Waals surface area contributed by atoms with Crippen LogP contribution in [0.15, 0.2) is 96.4 Å². The number of fused-ring (bicyclic) bond motifs is 3. The Morgan fingerprint density at radius 1 is 0.857 bits per heavy atom. The lowest BCUT2D eigenvalue weighted by Gasteiger charge is -2.27. The van der Waals surface area contributed by atoms with Gasteiger partial charge in [-0.1, -0.05) is 84.9 Å². The van der Waals surface area contributed by atoms with E-state index in [1.165, 1.54) is 11.3 Å². The summed E-state index contributed by atoms with van der Waals surface area (Å²) in [6.45, 7) is 2.00. The number of nitrogens with one attached hydrogen (secondary N) is 2. The maximum Gasteiger partial charge on any atom is 0.407 e. The van der Waals surface area contributed by atoms with Gasteiger partial charge in [0.05, 0.1) is 25.2 Å². The van der Waals surface area contributed by atoms with Gasteiger partial charge in [0, 0.05) is 10.8 Å². The highest BCUT2D eigenvalue weighted by molar-refractivity contribution is 7.10. The molecule has 0 radical (unpaired) electrons. The number of carboxylic acids is 1. The number of hydrogen-bond donors (Lipinski definition) is 3. The van der Waals surface area contributed by atoms with Gasteiger partial charge in [-0.05, 0) is 46.2 Å². The van der Waals surface area contributed by atoms with Crippen molar-refractivity contribution in [1.82, 2.24) is 10.6 Å². The summed E-state index contributed by atoms with van der Waals surface area (Å²) >= 11 is 1.35. The molecular weight excluding hydrogens is 552 g/mol. The molecule has 42 heavy (non-hydrogen) atoms. The third-order valence-electron chi connectivity index (χ3n) is 7.31. The van der Waals surface area contributed by atoms with Gasteiger partial charge in [-0.3, -0.25) is 9.59 Å². The molecule has 3 N–H and O–H groups in total. The predicted molar refractivity (Wildman–Crippen MR) is 160 cm³/mol. The number of carbonyl (C=O) groups is 3. The van der Waals surface area contributed by atoms with E-state index in [4.69, 9.17) is 9.47 Å². The zero-order valence-electron chi connectivity index (χ0n) is 23.1. The Kier molecular flexibility index (Phi) is 9.31. The molecule has 0 spiro atoms. The van der Waals surface area contributed by atoms with Crippen molar-refractivity contribution in [2.75, 3.05) is 6.61 Å². The molecule has 1 heterocycles. The first-order valence-electron chi connectivity index (χ1n) is 13.7. The largest absolute Gasteiger partial charge is 0.481 e. The van der Waals surface area contributed by atoms with Crippen molar-refractivity contribution in [1.29, 1.82) is 0 Å². The summed E-state index contributed by atoms with van der Waals surface area (Å²) in [5, 5.41) is 16.8. The van der Waals surface area contributed by atoms with Crippen LogP contribution in [0.1, 0.15) is 46.9 Å². The summed E-state index contributed by atoms with van der Waals surface area (Å²) in [6.07, 6.45) is -1.82. The molecular formula is C33H32N2O6S. The molecule has 0 bridgehead atoms. The number of carbonyl (C=O) groups excluding carboxylic acids is 2. The van der Waals surface area contributed by atoms with E-state index in [2.05, 4.69) is 22.8 Å². The number of rotatable bonds is 12. The zero-order valence-corrected chi connectivity index (χ0v) is 23.9. The molecule has 0 fully saturated rings. The van der Waals surface area contributed by atoms with Crippen molar-refractivity contribution in [3.63, 3.8) is 0 Å². The Bertz CT molecular complexity index is 1480. The molecule has 5 rings (SSSR count). The van der Waals surface area contributed by atoms with Crippen LogP contribution in [0.4, 0.5) is 4.79 Å². The van der Waals surface area contributed by atoms with Crippen molar-refractivity contribution in [3.05, 3.63) is 118 Å². The van der Waals surface area contributed by atoms with Gasteiger partial charge in [0.1, 0.15) is 12.6 Å². The maximum absolute atomic E-state index is 13.6. The Hall–Kier alpha value is -4.47. The Morgan fingerprint density at radius 3 is 2.12 bits per heavy atom. The first-order chi connectivity index (χ1) is 20.4. The minimum atomic E-state index is -1.14.